The van der Waals surface area contributed by atoms with Gasteiger partial charge in [0.2, 0.25) is 0 Å². The number of amides is 2. The van der Waals surface area contributed by atoms with Gasteiger partial charge in [0.05, 0.1) is 13.2 Å². The molecule has 0 aliphatic carbocycles. The highest BCUT2D eigenvalue weighted by molar-refractivity contribution is 5.89. The van der Waals surface area contributed by atoms with Crippen molar-refractivity contribution in [1.82, 2.24) is 5.32 Å². The molecule has 100 valence electrons. The number of urea groups is 1. The number of nitrogens with one attached hydrogen (secondary N) is 2. The molecule has 0 aromatic heterocycles. The lowest BCUT2D eigenvalue weighted by atomic mass is 10.1. The van der Waals surface area contributed by atoms with Gasteiger partial charge in [-0.3, -0.25) is 0 Å². The molecule has 0 aliphatic heterocycles. The molecule has 0 fully saturated rings. The summed E-state index contributed by atoms with van der Waals surface area (Å²) in [5, 5.41) is 14.8. The van der Waals surface area contributed by atoms with Gasteiger partial charge in [-0.05, 0) is 18.1 Å². The Kier molecular flexibility index (Phi) is 5.45. The van der Waals surface area contributed by atoms with Crippen LogP contribution in [0.3, 0.4) is 0 Å². The molecule has 5 heteroatoms. The van der Waals surface area contributed by atoms with Crippen molar-refractivity contribution in [3.63, 3.8) is 0 Å². The molecule has 0 saturated carbocycles. The third kappa shape index (κ3) is 4.63. The van der Waals surface area contributed by atoms with Crippen LogP contribution in [0, 0.1) is 5.92 Å². The fourth-order valence-electron chi connectivity index (χ4n) is 1.31. The van der Waals surface area contributed by atoms with Gasteiger partial charge in [0.15, 0.2) is 0 Å². The molecule has 0 radical (unpaired) electrons. The Balaban J connectivity index is 2.44. The average molecular weight is 252 g/mol. The molecular formula is C13H20N2O3. The van der Waals surface area contributed by atoms with Crippen LogP contribution in [0.1, 0.15) is 13.8 Å². The minimum atomic E-state index is -0.541. The van der Waals surface area contributed by atoms with E-state index in [1.807, 2.05) is 13.8 Å². The first-order valence-corrected chi connectivity index (χ1v) is 5.90. The van der Waals surface area contributed by atoms with Crippen LogP contribution in [0.25, 0.3) is 0 Å². The monoisotopic (exact) mass is 252 g/mol. The molecular weight excluding hydrogens is 232 g/mol. The van der Waals surface area contributed by atoms with Crippen LogP contribution in [0.5, 0.6) is 5.75 Å². The van der Waals surface area contributed by atoms with Crippen LogP contribution in [0.2, 0.25) is 0 Å². The third-order valence-corrected chi connectivity index (χ3v) is 2.57. The number of anilines is 1. The quantitative estimate of drug-likeness (QED) is 0.748. The fourth-order valence-corrected chi connectivity index (χ4v) is 1.31. The molecule has 0 aliphatic rings. The molecule has 1 aromatic rings. The van der Waals surface area contributed by atoms with Crippen LogP contribution < -0.4 is 15.4 Å². The summed E-state index contributed by atoms with van der Waals surface area (Å²) in [5.74, 6) is 0.789. The Morgan fingerprint density at radius 2 is 2.17 bits per heavy atom. The van der Waals surface area contributed by atoms with Crippen molar-refractivity contribution in [3.8, 4) is 5.75 Å². The lowest BCUT2D eigenvalue weighted by Crippen LogP contribution is -2.37. The van der Waals surface area contributed by atoms with E-state index in [1.54, 1.807) is 31.4 Å². The molecule has 1 unspecified atom stereocenters. The van der Waals surface area contributed by atoms with Gasteiger partial charge < -0.3 is 20.5 Å². The first-order chi connectivity index (χ1) is 8.52. The highest BCUT2D eigenvalue weighted by Crippen LogP contribution is 2.16. The zero-order valence-electron chi connectivity index (χ0n) is 10.9. The number of benzene rings is 1. The Morgan fingerprint density at radius 1 is 1.44 bits per heavy atom. The van der Waals surface area contributed by atoms with Crippen LogP contribution in [0.15, 0.2) is 24.3 Å². The molecule has 1 atom stereocenters. The van der Waals surface area contributed by atoms with Crippen LogP contribution in [0.4, 0.5) is 10.5 Å². The predicted octanol–water partition coefficient (Wildman–Crippen LogP) is 1.83. The summed E-state index contributed by atoms with van der Waals surface area (Å²) in [4.78, 5) is 11.6. The summed E-state index contributed by atoms with van der Waals surface area (Å²) in [6, 6.07) is 6.73. The van der Waals surface area contributed by atoms with E-state index in [0.717, 1.165) is 0 Å². The molecule has 3 N–H and O–H groups in total. The van der Waals surface area contributed by atoms with Gasteiger partial charge in [-0.15, -0.1) is 0 Å². The van der Waals surface area contributed by atoms with Gasteiger partial charge in [-0.25, -0.2) is 4.79 Å². The molecule has 5 nitrogen and oxygen atoms in total. The minimum Gasteiger partial charge on any atom is -0.497 e. The van der Waals surface area contributed by atoms with Gasteiger partial charge >= 0.3 is 6.03 Å². The number of carbonyl (C=O) groups excluding carboxylic acids is 1. The topological polar surface area (TPSA) is 70.6 Å². The van der Waals surface area contributed by atoms with Crippen molar-refractivity contribution in [3.05, 3.63) is 24.3 Å². The summed E-state index contributed by atoms with van der Waals surface area (Å²) in [6.07, 6.45) is -0.541. The van der Waals surface area contributed by atoms with Crippen molar-refractivity contribution in [1.29, 1.82) is 0 Å². The molecule has 18 heavy (non-hydrogen) atoms. The van der Waals surface area contributed by atoms with Gasteiger partial charge in [-0.1, -0.05) is 19.9 Å². The normalized spacial score (nSPS) is 12.1. The van der Waals surface area contributed by atoms with Crippen molar-refractivity contribution in [2.45, 2.75) is 20.0 Å². The van der Waals surface area contributed by atoms with Crippen LogP contribution in [-0.4, -0.2) is 30.9 Å². The zero-order valence-corrected chi connectivity index (χ0v) is 10.9. The number of hydrogen-bond donors (Lipinski definition) is 3. The van der Waals surface area contributed by atoms with Crippen molar-refractivity contribution >= 4 is 11.7 Å². The van der Waals surface area contributed by atoms with Crippen molar-refractivity contribution in [2.75, 3.05) is 19.0 Å². The number of aliphatic hydroxyl groups excluding tert-OH is 1. The Labute approximate surface area is 107 Å². The first-order valence-electron chi connectivity index (χ1n) is 5.90. The second kappa shape index (κ2) is 6.86. The molecule has 0 bridgehead atoms. The minimum absolute atomic E-state index is 0.113. The lowest BCUT2D eigenvalue weighted by molar-refractivity contribution is 0.126. The van der Waals surface area contributed by atoms with Gasteiger partial charge in [-0.2, -0.15) is 0 Å². The van der Waals surface area contributed by atoms with Crippen LogP contribution >= 0.6 is 0 Å². The van der Waals surface area contributed by atoms with Crippen molar-refractivity contribution < 1.29 is 14.6 Å². The van der Waals surface area contributed by atoms with E-state index in [2.05, 4.69) is 10.6 Å². The lowest BCUT2D eigenvalue weighted by Gasteiger charge is -2.15. The second-order valence-corrected chi connectivity index (χ2v) is 4.38. The molecule has 0 saturated heterocycles. The molecule has 1 aromatic carbocycles. The van der Waals surface area contributed by atoms with Gasteiger partial charge in [0.25, 0.3) is 0 Å². The third-order valence-electron chi connectivity index (χ3n) is 2.57. The largest absolute Gasteiger partial charge is 0.497 e. The van der Waals surface area contributed by atoms with E-state index in [1.165, 1.54) is 0 Å². The number of ether oxygens (including phenoxy) is 1. The maximum atomic E-state index is 11.6. The summed E-state index contributed by atoms with van der Waals surface area (Å²) < 4.78 is 5.05. The molecule has 0 heterocycles. The number of rotatable bonds is 5. The van der Waals surface area contributed by atoms with Gasteiger partial charge in [0.1, 0.15) is 5.75 Å². The van der Waals surface area contributed by atoms with E-state index in [-0.39, 0.29) is 18.5 Å². The summed E-state index contributed by atoms with van der Waals surface area (Å²) in [6.45, 7) is 4.02. The fraction of sp³-hybridized carbons (Fsp3) is 0.462. The summed E-state index contributed by atoms with van der Waals surface area (Å²) in [7, 11) is 1.57. The highest BCUT2D eigenvalue weighted by Gasteiger charge is 2.10. The number of aliphatic hydroxyl groups is 1. The van der Waals surface area contributed by atoms with E-state index in [0.29, 0.717) is 11.4 Å². The molecule has 0 spiro atoms. The van der Waals surface area contributed by atoms with Gasteiger partial charge in [0, 0.05) is 18.3 Å². The Morgan fingerprint density at radius 3 is 2.78 bits per heavy atom. The summed E-state index contributed by atoms with van der Waals surface area (Å²) in [5.41, 5.74) is 0.644. The zero-order chi connectivity index (χ0) is 13.5. The average Bonchev–Trinajstić information content (AvgIpc) is 2.36. The SMILES string of the molecule is COc1cccc(NC(=O)NCC(O)C(C)C)c1. The summed E-state index contributed by atoms with van der Waals surface area (Å²) >= 11 is 0. The standard InChI is InChI=1S/C13H20N2O3/c1-9(2)12(16)8-14-13(17)15-10-5-4-6-11(7-10)18-3/h4-7,9,12,16H,8H2,1-3H3,(H2,14,15,17). The Bertz CT molecular complexity index is 394. The first kappa shape index (κ1) is 14.3. The van der Waals surface area contributed by atoms with E-state index in [4.69, 9.17) is 4.74 Å². The molecule has 1 rings (SSSR count). The number of carbonyl (C=O) groups is 1. The van der Waals surface area contributed by atoms with E-state index in [9.17, 15) is 9.90 Å². The second-order valence-electron chi connectivity index (χ2n) is 4.38. The predicted molar refractivity (Wildman–Crippen MR) is 70.9 cm³/mol. The number of hydrogen-bond acceptors (Lipinski definition) is 3. The van der Waals surface area contributed by atoms with Crippen LogP contribution in [-0.2, 0) is 0 Å². The van der Waals surface area contributed by atoms with E-state index < -0.39 is 6.10 Å². The smallest absolute Gasteiger partial charge is 0.319 e. The highest BCUT2D eigenvalue weighted by atomic mass is 16.5. The Hall–Kier alpha value is -1.75. The molecule has 2 amide bonds. The maximum Gasteiger partial charge on any atom is 0.319 e. The maximum absolute atomic E-state index is 11.6. The van der Waals surface area contributed by atoms with E-state index >= 15 is 0 Å². The number of methoxy groups -OCH3 is 1. The van der Waals surface area contributed by atoms with Crippen molar-refractivity contribution in [2.24, 2.45) is 5.92 Å².